The largest absolute Gasteiger partial charge is 0.454 e. The van der Waals surface area contributed by atoms with Gasteiger partial charge in [0.25, 0.3) is 0 Å². The Morgan fingerprint density at radius 2 is 1.90 bits per heavy atom. The van der Waals surface area contributed by atoms with E-state index in [-0.39, 0.29) is 6.79 Å². The van der Waals surface area contributed by atoms with Crippen LogP contribution in [0.1, 0.15) is 0 Å². The van der Waals surface area contributed by atoms with Gasteiger partial charge in [0, 0.05) is 30.7 Å². The number of hydrogen-bond acceptors (Lipinski definition) is 8. The van der Waals surface area contributed by atoms with Crippen LogP contribution in [0.25, 0.3) is 0 Å². The van der Waals surface area contributed by atoms with Gasteiger partial charge in [0.15, 0.2) is 11.5 Å². The van der Waals surface area contributed by atoms with Gasteiger partial charge >= 0.3 is 0 Å². The molecule has 154 valence electrons. The highest BCUT2D eigenvalue weighted by molar-refractivity contribution is 6.33. The molecule has 0 unspecified atom stereocenters. The predicted octanol–water partition coefficient (Wildman–Crippen LogP) is 4.18. The number of ether oxygens (including phenoxy) is 3. The number of anilines is 5. The first-order chi connectivity index (χ1) is 14.8. The third kappa shape index (κ3) is 3.92. The third-order valence-corrected chi connectivity index (χ3v) is 5.19. The predicted molar refractivity (Wildman–Crippen MR) is 116 cm³/mol. The van der Waals surface area contributed by atoms with Gasteiger partial charge in [-0.15, -0.1) is 0 Å². The van der Waals surface area contributed by atoms with Crippen molar-refractivity contribution in [2.75, 3.05) is 48.6 Å². The van der Waals surface area contributed by atoms with Crippen LogP contribution in [-0.4, -0.2) is 43.1 Å². The molecule has 3 heterocycles. The minimum atomic E-state index is 0.167. The summed E-state index contributed by atoms with van der Waals surface area (Å²) in [5, 5.41) is 7.00. The van der Waals surface area contributed by atoms with E-state index < -0.39 is 0 Å². The van der Waals surface area contributed by atoms with Crippen molar-refractivity contribution in [1.29, 1.82) is 0 Å². The van der Waals surface area contributed by atoms with Crippen molar-refractivity contribution in [3.8, 4) is 11.5 Å². The Morgan fingerprint density at radius 1 is 1.00 bits per heavy atom. The Labute approximate surface area is 178 Å². The average Bonchev–Trinajstić information content (AvgIpc) is 3.26. The molecule has 0 bridgehead atoms. The van der Waals surface area contributed by atoms with E-state index in [4.69, 9.17) is 25.8 Å². The topological polar surface area (TPSA) is 80.8 Å². The fourth-order valence-electron chi connectivity index (χ4n) is 3.41. The molecule has 30 heavy (non-hydrogen) atoms. The zero-order valence-electron chi connectivity index (χ0n) is 16.1. The van der Waals surface area contributed by atoms with Gasteiger partial charge in [-0.25, -0.2) is 4.98 Å². The third-order valence-electron chi connectivity index (χ3n) is 4.88. The molecule has 0 spiro atoms. The Balaban J connectivity index is 1.34. The lowest BCUT2D eigenvalue weighted by Crippen LogP contribution is -2.36. The van der Waals surface area contributed by atoms with Crippen LogP contribution in [-0.2, 0) is 4.74 Å². The summed E-state index contributed by atoms with van der Waals surface area (Å²) in [4.78, 5) is 11.2. The van der Waals surface area contributed by atoms with Gasteiger partial charge in [-0.1, -0.05) is 17.7 Å². The number of benzene rings is 2. The first-order valence-electron chi connectivity index (χ1n) is 9.64. The molecular formula is C21H20ClN5O3. The molecule has 1 aromatic heterocycles. The van der Waals surface area contributed by atoms with Gasteiger partial charge in [-0.05, 0) is 36.4 Å². The lowest BCUT2D eigenvalue weighted by molar-refractivity contribution is 0.122. The molecular weight excluding hydrogens is 406 g/mol. The number of nitrogens with zero attached hydrogens (tertiary/aromatic N) is 3. The van der Waals surface area contributed by atoms with Gasteiger partial charge < -0.3 is 29.7 Å². The maximum Gasteiger partial charge on any atom is 0.231 e. The van der Waals surface area contributed by atoms with Crippen molar-refractivity contribution in [2.24, 2.45) is 0 Å². The van der Waals surface area contributed by atoms with Gasteiger partial charge in [0.2, 0.25) is 12.7 Å². The molecule has 0 aliphatic carbocycles. The minimum absolute atomic E-state index is 0.167. The summed E-state index contributed by atoms with van der Waals surface area (Å²) in [6, 6.07) is 13.5. The molecule has 2 aliphatic heterocycles. The van der Waals surface area contributed by atoms with Gasteiger partial charge in [-0.3, -0.25) is 0 Å². The van der Waals surface area contributed by atoms with E-state index in [1.165, 1.54) is 0 Å². The van der Waals surface area contributed by atoms with E-state index in [1.54, 1.807) is 24.4 Å². The van der Waals surface area contributed by atoms with Crippen molar-refractivity contribution in [3.63, 3.8) is 0 Å². The molecule has 2 aliphatic rings. The zero-order chi connectivity index (χ0) is 20.3. The lowest BCUT2D eigenvalue weighted by atomic mass is 10.2. The van der Waals surface area contributed by atoms with Crippen LogP contribution in [0.15, 0.2) is 48.7 Å². The second kappa shape index (κ2) is 8.25. The fraction of sp³-hybridized carbons (Fsp3) is 0.238. The number of rotatable bonds is 5. The summed E-state index contributed by atoms with van der Waals surface area (Å²) in [5.41, 5.74) is 2.67. The number of halogens is 1. The van der Waals surface area contributed by atoms with E-state index in [0.29, 0.717) is 34.0 Å². The van der Waals surface area contributed by atoms with Crippen LogP contribution in [0.5, 0.6) is 11.5 Å². The standard InChI is InChI=1S/C21H20ClN5O3/c22-16-4-5-17-20(30-13-29-17)19(16)25-18-6-7-23-21(26-18)24-14-2-1-3-15(12-14)27-8-10-28-11-9-27/h1-7,12H,8-11,13H2,(H2,23,24,25,26). The van der Waals surface area contributed by atoms with Crippen LogP contribution in [0.4, 0.5) is 28.8 Å². The highest BCUT2D eigenvalue weighted by Crippen LogP contribution is 2.44. The van der Waals surface area contributed by atoms with Crippen LogP contribution in [0.2, 0.25) is 5.02 Å². The summed E-state index contributed by atoms with van der Waals surface area (Å²) < 4.78 is 16.4. The van der Waals surface area contributed by atoms with Crippen molar-refractivity contribution in [1.82, 2.24) is 9.97 Å². The molecule has 8 nitrogen and oxygen atoms in total. The van der Waals surface area contributed by atoms with Crippen LogP contribution >= 0.6 is 11.6 Å². The highest BCUT2D eigenvalue weighted by atomic mass is 35.5. The molecule has 5 rings (SSSR count). The van der Waals surface area contributed by atoms with Crippen molar-refractivity contribution in [2.45, 2.75) is 0 Å². The second-order valence-electron chi connectivity index (χ2n) is 6.82. The monoisotopic (exact) mass is 425 g/mol. The molecule has 0 atom stereocenters. The molecule has 2 N–H and O–H groups in total. The first kappa shape index (κ1) is 18.8. The number of aromatic nitrogens is 2. The van der Waals surface area contributed by atoms with E-state index in [1.807, 2.05) is 12.1 Å². The Kier molecular flexibility index (Phi) is 5.17. The summed E-state index contributed by atoms with van der Waals surface area (Å²) in [7, 11) is 0. The van der Waals surface area contributed by atoms with Gasteiger partial charge in [0.1, 0.15) is 11.5 Å². The highest BCUT2D eigenvalue weighted by Gasteiger charge is 2.21. The van der Waals surface area contributed by atoms with Gasteiger partial charge in [0.05, 0.1) is 18.2 Å². The Hall–Kier alpha value is -3.23. The molecule has 0 amide bonds. The Morgan fingerprint density at radius 3 is 2.80 bits per heavy atom. The maximum atomic E-state index is 6.35. The lowest BCUT2D eigenvalue weighted by Gasteiger charge is -2.29. The molecule has 9 heteroatoms. The second-order valence-corrected chi connectivity index (χ2v) is 7.23. The average molecular weight is 426 g/mol. The van der Waals surface area contributed by atoms with E-state index in [9.17, 15) is 0 Å². The normalized spacial score (nSPS) is 15.2. The number of hydrogen-bond donors (Lipinski definition) is 2. The fourth-order valence-corrected chi connectivity index (χ4v) is 3.61. The molecule has 3 aromatic rings. The van der Waals surface area contributed by atoms with E-state index in [0.717, 1.165) is 37.7 Å². The molecule has 2 aromatic carbocycles. The van der Waals surface area contributed by atoms with E-state index in [2.05, 4.69) is 37.6 Å². The SMILES string of the molecule is Clc1ccc2c(c1Nc1ccnc(Nc3cccc(N4CCOCC4)c3)n1)OCO2. The molecule has 0 radical (unpaired) electrons. The van der Waals surface area contributed by atoms with E-state index >= 15 is 0 Å². The first-order valence-corrected chi connectivity index (χ1v) is 10.0. The minimum Gasteiger partial charge on any atom is -0.454 e. The van der Waals surface area contributed by atoms with Crippen molar-refractivity contribution in [3.05, 3.63) is 53.7 Å². The summed E-state index contributed by atoms with van der Waals surface area (Å²) in [6.45, 7) is 3.42. The van der Waals surface area contributed by atoms with Gasteiger partial charge in [-0.2, -0.15) is 4.98 Å². The van der Waals surface area contributed by atoms with Crippen LogP contribution < -0.4 is 25.0 Å². The van der Waals surface area contributed by atoms with Crippen molar-refractivity contribution < 1.29 is 14.2 Å². The van der Waals surface area contributed by atoms with Crippen LogP contribution in [0.3, 0.4) is 0 Å². The maximum absolute atomic E-state index is 6.35. The molecule has 1 saturated heterocycles. The number of nitrogens with one attached hydrogen (secondary N) is 2. The number of morpholine rings is 1. The smallest absolute Gasteiger partial charge is 0.231 e. The molecule has 1 fully saturated rings. The summed E-state index contributed by atoms with van der Waals surface area (Å²) in [6.07, 6.45) is 1.68. The Bertz CT molecular complexity index is 1060. The quantitative estimate of drug-likeness (QED) is 0.630. The molecule has 0 saturated carbocycles. The summed E-state index contributed by atoms with van der Waals surface area (Å²) in [5.74, 6) is 2.28. The summed E-state index contributed by atoms with van der Waals surface area (Å²) >= 11 is 6.35. The number of fused-ring (bicyclic) bond motifs is 1. The van der Waals surface area contributed by atoms with Crippen molar-refractivity contribution >= 4 is 40.4 Å². The zero-order valence-corrected chi connectivity index (χ0v) is 16.9. The van der Waals surface area contributed by atoms with Crippen LogP contribution in [0, 0.1) is 0 Å².